The molecule has 12 N–H and O–H groups in total. The summed E-state index contributed by atoms with van der Waals surface area (Å²) < 4.78 is 248. The molecule has 4 unspecified atom stereocenters. The monoisotopic (exact) mass is 1980 g/mol. The first-order valence-electron chi connectivity index (χ1n) is 41.4. The van der Waals surface area contributed by atoms with Gasteiger partial charge in [-0.05, 0) is 114 Å². The highest BCUT2D eigenvalue weighted by Crippen LogP contribution is 2.61. The molecular weight excluding hydrogens is 1890 g/mol. The van der Waals surface area contributed by atoms with Crippen LogP contribution in [0.3, 0.4) is 0 Å². The maximum Gasteiger partial charge on any atom is 0.530 e. The van der Waals surface area contributed by atoms with E-state index in [1.165, 1.54) is 0 Å². The second-order valence-corrected chi connectivity index (χ2v) is 37.7. The predicted molar refractivity (Wildman–Crippen MR) is 456 cm³/mol. The minimum absolute atomic E-state index is 0.0916. The van der Waals surface area contributed by atoms with Crippen molar-refractivity contribution in [3.05, 3.63) is 220 Å². The fourth-order valence-electron chi connectivity index (χ4n) is 14.1. The number of phosphoric acid groups is 4. The van der Waals surface area contributed by atoms with Crippen LogP contribution in [0, 0.1) is 119 Å². The zero-order valence-corrected chi connectivity index (χ0v) is 75.7. The van der Waals surface area contributed by atoms with Gasteiger partial charge in [0, 0.05) is 47.0 Å². The lowest BCUT2D eigenvalue weighted by Crippen LogP contribution is -2.47. The Morgan fingerprint density at radius 3 is 1.12 bits per heavy atom. The van der Waals surface area contributed by atoms with E-state index in [9.17, 15) is 78.3 Å². The number of aromatic amines is 3. The second-order valence-electron chi connectivity index (χ2n) is 30.4. The molecule has 704 valence electrons. The number of aryl methyl sites for hydroxylation is 8. The van der Waals surface area contributed by atoms with E-state index in [0.717, 1.165) is 56.2 Å². The fourth-order valence-corrected chi connectivity index (χ4v) is 19.8. The first-order chi connectivity index (χ1) is 64.1. The number of benzene rings is 4. The molecular formula is C81H82F4N8O32P4S3. The van der Waals surface area contributed by atoms with Gasteiger partial charge < -0.3 is 88.1 Å². The number of rotatable bonds is 16. The molecule has 1 amide bonds. The number of carbonyl (C=O) groups excluding carboxylic acids is 1. The van der Waals surface area contributed by atoms with E-state index in [0.29, 0.717) is 59.7 Å². The van der Waals surface area contributed by atoms with E-state index in [1.54, 1.807) is 70.2 Å². The van der Waals surface area contributed by atoms with Crippen molar-refractivity contribution in [1.29, 1.82) is 0 Å². The Morgan fingerprint density at radius 1 is 0.462 bits per heavy atom. The number of terminal acetylenes is 4. The van der Waals surface area contributed by atoms with Crippen LogP contribution in [0.25, 0.3) is 0 Å². The van der Waals surface area contributed by atoms with Gasteiger partial charge in [-0.15, -0.1) is 25.7 Å². The summed E-state index contributed by atoms with van der Waals surface area (Å²) in [4.78, 5) is 54.5. The third-order valence-corrected chi connectivity index (χ3v) is 26.3. The Kier molecular flexibility index (Phi) is 26.4. The maximum absolute atomic E-state index is 16.0. The second kappa shape index (κ2) is 38.2. The van der Waals surface area contributed by atoms with Gasteiger partial charge in [-0.1, -0.05) is 101 Å². The Morgan fingerprint density at radius 2 is 0.758 bits per heavy atom. The van der Waals surface area contributed by atoms with Crippen molar-refractivity contribution in [2.24, 2.45) is 0 Å². The Bertz CT molecular complexity index is 7020. The topological polar surface area (TPSA) is 524 Å². The van der Waals surface area contributed by atoms with E-state index in [2.05, 4.69) is 44.6 Å². The molecule has 16 rings (SSSR count). The highest BCUT2D eigenvalue weighted by molar-refractivity contribution is 7.71. The van der Waals surface area contributed by atoms with Crippen LogP contribution in [-0.4, -0.2) is 185 Å². The molecule has 4 saturated heterocycles. The first kappa shape index (κ1) is 91.3. The number of carbonyl (C=O) groups is 1. The van der Waals surface area contributed by atoms with Crippen molar-refractivity contribution < 1.29 is 163 Å². The number of phosphoric ester groups is 4. The summed E-state index contributed by atoms with van der Waals surface area (Å²) in [6.45, 7) is 7.00. The number of ether oxygens (including phenoxy) is 4. The van der Waals surface area contributed by atoms with Gasteiger partial charge in [-0.2, -0.15) is 0 Å². The summed E-state index contributed by atoms with van der Waals surface area (Å²) >= 11 is 15.0. The summed E-state index contributed by atoms with van der Waals surface area (Å²) in [6.07, 6.45) is -2.79. The van der Waals surface area contributed by atoms with Crippen molar-refractivity contribution in [2.75, 3.05) is 26.3 Å². The summed E-state index contributed by atoms with van der Waals surface area (Å²) in [7, 11) is -18.2. The number of fused-ring (bicyclic) bond motifs is 4. The van der Waals surface area contributed by atoms with Gasteiger partial charge in [0.1, 0.15) is 126 Å². The van der Waals surface area contributed by atoms with Crippen LogP contribution in [0.5, 0.6) is 23.0 Å². The van der Waals surface area contributed by atoms with Crippen LogP contribution in [0.15, 0.2) is 106 Å². The number of nitrogens with zero attached hydrogens (tertiary/aromatic N) is 4. The largest absolute Gasteiger partial charge is 0.530 e. The molecule has 9 aliphatic heterocycles. The number of aromatic nitrogens is 6. The lowest BCUT2D eigenvalue weighted by molar-refractivity contribution is -0.208. The van der Waals surface area contributed by atoms with E-state index in [-0.39, 0.29) is 81.3 Å². The van der Waals surface area contributed by atoms with Crippen LogP contribution in [-0.2, 0) is 105 Å². The van der Waals surface area contributed by atoms with Gasteiger partial charge >= 0.3 is 31.3 Å². The van der Waals surface area contributed by atoms with Crippen molar-refractivity contribution in [3.63, 3.8) is 0 Å². The third kappa shape index (κ3) is 20.3. The number of alkyl halides is 4. The van der Waals surface area contributed by atoms with E-state index < -0.39 is 182 Å². The molecule has 0 bridgehead atoms. The zero-order valence-electron chi connectivity index (χ0n) is 75.7. The number of halogens is 4. The van der Waals surface area contributed by atoms with Gasteiger partial charge in [0.05, 0.1) is 34.7 Å². The molecule has 40 nitrogen and oxygen atoms in total. The predicted octanol–water partition coefficient (Wildman–Crippen LogP) is 7.96. The van der Waals surface area contributed by atoms with Crippen molar-refractivity contribution in [2.45, 2.75) is 179 Å². The van der Waals surface area contributed by atoms with Gasteiger partial charge in [-0.3, -0.25) is 84.0 Å². The molecule has 4 fully saturated rings. The zero-order chi connectivity index (χ0) is 102. The summed E-state index contributed by atoms with van der Waals surface area (Å²) in [6, 6.07) is 14.0. The number of aliphatic hydroxyl groups is 8. The van der Waals surface area contributed by atoms with E-state index in [1.807, 2.05) is 39.7 Å². The first-order valence-corrected chi connectivity index (χ1v) is 45.4. The molecule has 51 heteroatoms. The standard InChI is InChI=1S/C21H22FN2O8P.3C20H20FN2O8PS/c1-5-14-8-24(13(4)23-19(14)27)20-16(25)18(26)21(22,31-20)10-30-33(28)29-9-15-7-11(2)6-12(3)17(15)32-33;3*1-4-12-7-23(19(33)22-17(12)26)18-14(24)16(25)20(21,30-18)9-29-32(27)28-8-13-6-10(2)5-11(3)15(13)31-32/h1,6-8,16,18,20,25-26H,4,9-10H2,2-3H3,(H,23,27);3*1,5-7,14,16,18,24-25H,8-9H2,2-3H3,(H,22,26,33)/t16-,18+,20-,21-,33?;3*14-,16+,18-,20-,32?/m1111/s1/i10D2,20D;18D;9D2;. The van der Waals surface area contributed by atoms with Crippen LogP contribution >= 0.6 is 67.9 Å². The lowest BCUT2D eigenvalue weighted by Gasteiger charge is -2.33. The molecule has 7 aromatic rings. The number of amides is 1. The summed E-state index contributed by atoms with van der Waals surface area (Å²) in [5, 5.41) is 85.5. The molecule has 12 heterocycles. The summed E-state index contributed by atoms with van der Waals surface area (Å²) in [5.74, 6) is -6.16. The molecule has 0 spiro atoms. The smallest absolute Gasteiger partial charge is 0.403 e. The van der Waals surface area contributed by atoms with Gasteiger partial charge in [0.15, 0.2) is 39.2 Å². The van der Waals surface area contributed by atoms with Crippen molar-refractivity contribution in [3.8, 4) is 72.4 Å². The molecule has 20 atom stereocenters. The SMILES string of the molecule is C#Cc1cn([C@@H]2O[C@](F)(COP3(=O)OCc4cc(C)cc(C)c4O3)[C@@H](O)[C@H]2O)c(=S)[nH]c1=O.[2H]C([2H])(OP1(=O)OCc2cc(C)cc(C)c2O1)[C@@]1(F)O[C@@H](n2cc(C#C)c(=O)[nH]c2=S)[C@H](O)[C@@H]1O.[2H]C([2H])(OP1(=O)OCc2cc(C)cc(C)c2O1)[C@@]1(F)O[C@@]([2H])(N2C=C(C#C)C(=O)NC2=C)[C@H](O)[C@@H]1O.[2H][C@@]1(n2cc(C#C)c(=O)[nH]c2=S)O[C@](F)(COP2(=O)OCc3cc(C)cc(C)c3O2)[C@@H](O)[C@H]1O. The van der Waals surface area contributed by atoms with E-state index in [4.69, 9.17) is 144 Å². The quantitative estimate of drug-likeness (QED) is 0.0189. The van der Waals surface area contributed by atoms with Crippen molar-refractivity contribution >= 4 is 73.9 Å². The molecule has 0 saturated carbocycles. The van der Waals surface area contributed by atoms with Gasteiger partial charge in [0.2, 0.25) is 0 Å². The minimum atomic E-state index is -4.84. The highest BCUT2D eigenvalue weighted by Gasteiger charge is 2.63. The van der Waals surface area contributed by atoms with Gasteiger partial charge in [0.25, 0.3) is 46.0 Å². The highest BCUT2D eigenvalue weighted by atomic mass is 32.1. The maximum atomic E-state index is 16.0. The van der Waals surface area contributed by atoms with Crippen LogP contribution in [0.2, 0.25) is 0 Å². The van der Waals surface area contributed by atoms with E-state index >= 15 is 17.6 Å². The number of aliphatic hydroxyl groups excluding tert-OH is 8. The number of H-pyrrole nitrogens is 3. The van der Waals surface area contributed by atoms with Crippen molar-refractivity contribution in [1.82, 2.24) is 38.9 Å². The minimum Gasteiger partial charge on any atom is -0.403 e. The molecule has 0 radical (unpaired) electrons. The number of nitrogens with one attached hydrogen (secondary N) is 4. The normalized spacial score (nSPS) is 33.6. The Hall–Kier alpha value is -9.79. The molecule has 3 aromatic heterocycles. The fraction of sp³-hybridized carbons (Fsp3) is 0.395. The molecule has 0 aliphatic carbocycles. The Labute approximate surface area is 769 Å². The lowest BCUT2D eigenvalue weighted by atomic mass is 10.1. The molecule has 4 aromatic carbocycles. The number of hydrogen-bond donors (Lipinski definition) is 12. The average Bonchev–Trinajstić information content (AvgIpc) is 1.56. The van der Waals surface area contributed by atoms with Crippen LogP contribution < -0.4 is 40.1 Å². The number of hydrogen-bond acceptors (Lipinski definition) is 36. The van der Waals surface area contributed by atoms with Crippen LogP contribution in [0.1, 0.15) is 110 Å². The Balaban J connectivity index is 0.000000155. The average molecular weight is 1980 g/mol. The molecule has 132 heavy (non-hydrogen) atoms. The van der Waals surface area contributed by atoms with Crippen LogP contribution in [0.4, 0.5) is 17.6 Å². The van der Waals surface area contributed by atoms with Gasteiger partial charge in [-0.25, -0.2) is 35.8 Å². The third-order valence-electron chi connectivity index (χ3n) is 20.4. The summed E-state index contributed by atoms with van der Waals surface area (Å²) in [5.41, 5.74) is 5.19. The molecule has 9 aliphatic rings.